The van der Waals surface area contributed by atoms with Crippen LogP contribution in [0.2, 0.25) is 0 Å². The summed E-state index contributed by atoms with van der Waals surface area (Å²) in [5.41, 5.74) is 2.38. The average molecular weight is 391 g/mol. The molecule has 6 heteroatoms. The zero-order chi connectivity index (χ0) is 20.3. The van der Waals surface area contributed by atoms with E-state index in [1.54, 1.807) is 0 Å². The van der Waals surface area contributed by atoms with Crippen molar-refractivity contribution in [3.05, 3.63) is 41.1 Å². The summed E-state index contributed by atoms with van der Waals surface area (Å²) in [5, 5.41) is 13.1. The van der Waals surface area contributed by atoms with E-state index in [0.717, 1.165) is 67.1 Å². The number of nitriles is 1. The predicted molar refractivity (Wildman–Crippen MR) is 108 cm³/mol. The number of ether oxygens (including phenoxy) is 1. The molecule has 1 heterocycles. The van der Waals surface area contributed by atoms with E-state index in [4.69, 9.17) is 9.72 Å². The van der Waals surface area contributed by atoms with Crippen molar-refractivity contribution in [1.82, 2.24) is 10.3 Å². The number of carbonyl (C=O) groups excluding carboxylic acids is 2. The minimum Gasteiger partial charge on any atom is -0.452 e. The minimum absolute atomic E-state index is 0.381. The quantitative estimate of drug-likeness (QED) is 0.804. The van der Waals surface area contributed by atoms with Gasteiger partial charge in [-0.2, -0.15) is 5.26 Å². The van der Waals surface area contributed by atoms with Crippen molar-refractivity contribution in [2.75, 3.05) is 6.61 Å². The number of aryl methyl sites for hydroxylation is 1. The number of nitrogens with one attached hydrogen (secondary N) is 1. The zero-order valence-electron chi connectivity index (χ0n) is 16.5. The van der Waals surface area contributed by atoms with E-state index in [2.05, 4.69) is 11.4 Å². The van der Waals surface area contributed by atoms with E-state index >= 15 is 0 Å². The maximum Gasteiger partial charge on any atom is 0.339 e. The van der Waals surface area contributed by atoms with Crippen LogP contribution in [0, 0.1) is 11.3 Å². The lowest BCUT2D eigenvalue weighted by Gasteiger charge is -2.31. The number of para-hydroxylation sites is 1. The van der Waals surface area contributed by atoms with Crippen molar-refractivity contribution in [2.24, 2.45) is 0 Å². The van der Waals surface area contributed by atoms with Gasteiger partial charge in [-0.25, -0.2) is 4.79 Å². The number of amides is 1. The molecule has 1 amide bonds. The van der Waals surface area contributed by atoms with Crippen LogP contribution in [-0.2, 0) is 22.4 Å². The molecule has 6 nitrogen and oxygen atoms in total. The summed E-state index contributed by atoms with van der Waals surface area (Å²) >= 11 is 0. The number of fused-ring (bicyclic) bond motifs is 2. The largest absolute Gasteiger partial charge is 0.452 e. The van der Waals surface area contributed by atoms with E-state index in [1.807, 2.05) is 24.3 Å². The Morgan fingerprint density at radius 1 is 1.10 bits per heavy atom. The second-order valence-corrected chi connectivity index (χ2v) is 8.02. The molecule has 2 aliphatic carbocycles. The summed E-state index contributed by atoms with van der Waals surface area (Å²) in [5.74, 6) is -0.916. The maximum atomic E-state index is 13.0. The molecule has 2 aromatic rings. The first-order valence-electron chi connectivity index (χ1n) is 10.4. The molecule has 29 heavy (non-hydrogen) atoms. The van der Waals surface area contributed by atoms with Crippen molar-refractivity contribution in [3.63, 3.8) is 0 Å². The van der Waals surface area contributed by atoms with Gasteiger partial charge >= 0.3 is 5.97 Å². The van der Waals surface area contributed by atoms with Crippen molar-refractivity contribution in [3.8, 4) is 6.07 Å². The molecule has 0 aliphatic heterocycles. The van der Waals surface area contributed by atoms with Gasteiger partial charge in [0.05, 0.1) is 17.1 Å². The van der Waals surface area contributed by atoms with Crippen LogP contribution in [0.15, 0.2) is 24.3 Å². The van der Waals surface area contributed by atoms with Crippen molar-refractivity contribution >= 4 is 22.8 Å². The Bertz CT molecular complexity index is 987. The first-order valence-corrected chi connectivity index (χ1v) is 10.4. The molecule has 0 spiro atoms. The van der Waals surface area contributed by atoms with E-state index in [0.29, 0.717) is 18.4 Å². The molecule has 0 radical (unpaired) electrons. The summed E-state index contributed by atoms with van der Waals surface area (Å²) in [7, 11) is 0. The summed E-state index contributed by atoms with van der Waals surface area (Å²) in [6.07, 6.45) is 7.92. The average Bonchev–Trinajstić information content (AvgIpc) is 2.76. The Balaban J connectivity index is 1.52. The van der Waals surface area contributed by atoms with Crippen LogP contribution in [0.5, 0.6) is 0 Å². The third kappa shape index (κ3) is 3.95. The van der Waals surface area contributed by atoms with Crippen LogP contribution >= 0.6 is 0 Å². The number of hydrogen-bond donors (Lipinski definition) is 1. The molecule has 1 fully saturated rings. The lowest BCUT2D eigenvalue weighted by molar-refractivity contribution is -0.125. The van der Waals surface area contributed by atoms with E-state index in [1.165, 1.54) is 0 Å². The van der Waals surface area contributed by atoms with E-state index < -0.39 is 17.4 Å². The number of hydrogen-bond acceptors (Lipinski definition) is 5. The minimum atomic E-state index is -0.829. The highest BCUT2D eigenvalue weighted by Gasteiger charge is 2.34. The fraction of sp³-hybridized carbons (Fsp3) is 0.478. The van der Waals surface area contributed by atoms with Crippen molar-refractivity contribution in [2.45, 2.75) is 63.3 Å². The number of nitrogens with zero attached hydrogens (tertiary/aromatic N) is 2. The van der Waals surface area contributed by atoms with Gasteiger partial charge in [0.25, 0.3) is 5.91 Å². The standard InChI is InChI=1S/C23H25N3O3/c24-15-23(12-6-1-7-13-23)26-20(27)14-29-22(28)21-16-8-2-4-10-18(16)25-19-11-5-3-9-17(19)21/h2,4,8,10H,1,3,5-7,9,11-14H2,(H,26,27). The third-order valence-electron chi connectivity index (χ3n) is 6.01. The fourth-order valence-corrected chi connectivity index (χ4v) is 4.53. The van der Waals surface area contributed by atoms with Gasteiger partial charge in [-0.05, 0) is 50.2 Å². The van der Waals surface area contributed by atoms with Gasteiger partial charge in [0.15, 0.2) is 6.61 Å². The maximum absolute atomic E-state index is 13.0. The zero-order valence-corrected chi connectivity index (χ0v) is 16.5. The van der Waals surface area contributed by atoms with Crippen LogP contribution in [0.25, 0.3) is 10.9 Å². The lowest BCUT2D eigenvalue weighted by Crippen LogP contribution is -2.50. The van der Waals surface area contributed by atoms with Gasteiger partial charge in [0, 0.05) is 11.1 Å². The van der Waals surface area contributed by atoms with Crippen LogP contribution in [0.3, 0.4) is 0 Å². The van der Waals surface area contributed by atoms with Gasteiger partial charge in [0.1, 0.15) is 5.54 Å². The Morgan fingerprint density at radius 3 is 2.66 bits per heavy atom. The molecular formula is C23H25N3O3. The molecule has 1 N–H and O–H groups in total. The Kier molecular flexibility index (Phi) is 5.48. The monoisotopic (exact) mass is 391 g/mol. The predicted octanol–water partition coefficient (Wildman–Crippen LogP) is 3.61. The van der Waals surface area contributed by atoms with Crippen LogP contribution in [-0.4, -0.2) is 29.0 Å². The third-order valence-corrected chi connectivity index (χ3v) is 6.01. The number of aromatic nitrogens is 1. The second kappa shape index (κ2) is 8.20. The van der Waals surface area contributed by atoms with Crippen molar-refractivity contribution < 1.29 is 14.3 Å². The number of esters is 1. The number of rotatable bonds is 4. The molecule has 1 aromatic carbocycles. The highest BCUT2D eigenvalue weighted by molar-refractivity contribution is 6.05. The lowest BCUT2D eigenvalue weighted by atomic mass is 9.83. The number of pyridine rings is 1. The van der Waals surface area contributed by atoms with Gasteiger partial charge in [-0.15, -0.1) is 0 Å². The first kappa shape index (κ1) is 19.4. The molecule has 4 rings (SSSR count). The summed E-state index contributed by atoms with van der Waals surface area (Å²) < 4.78 is 5.41. The van der Waals surface area contributed by atoms with Gasteiger partial charge < -0.3 is 10.1 Å². The Labute approximate surface area is 170 Å². The van der Waals surface area contributed by atoms with E-state index in [9.17, 15) is 14.9 Å². The molecule has 0 unspecified atom stereocenters. The molecule has 0 saturated heterocycles. The smallest absolute Gasteiger partial charge is 0.339 e. The van der Waals surface area contributed by atoms with Crippen LogP contribution in [0.4, 0.5) is 0 Å². The van der Waals surface area contributed by atoms with Crippen molar-refractivity contribution in [1.29, 1.82) is 5.26 Å². The fourth-order valence-electron chi connectivity index (χ4n) is 4.53. The van der Waals surface area contributed by atoms with Crippen LogP contribution in [0.1, 0.15) is 66.6 Å². The summed E-state index contributed by atoms with van der Waals surface area (Å²) in [6, 6.07) is 9.80. The van der Waals surface area contributed by atoms with Gasteiger partial charge in [-0.1, -0.05) is 37.5 Å². The molecule has 150 valence electrons. The summed E-state index contributed by atoms with van der Waals surface area (Å²) in [4.78, 5) is 30.1. The Hall–Kier alpha value is -2.94. The number of benzene rings is 1. The summed E-state index contributed by atoms with van der Waals surface area (Å²) in [6.45, 7) is -0.381. The molecule has 0 atom stereocenters. The molecule has 1 aromatic heterocycles. The van der Waals surface area contributed by atoms with Crippen LogP contribution < -0.4 is 5.32 Å². The van der Waals surface area contributed by atoms with Gasteiger partial charge in [-0.3, -0.25) is 9.78 Å². The number of carbonyl (C=O) groups is 2. The normalized spacial score (nSPS) is 17.8. The van der Waals surface area contributed by atoms with Gasteiger partial charge in [0.2, 0.25) is 0 Å². The topological polar surface area (TPSA) is 92.1 Å². The highest BCUT2D eigenvalue weighted by Crippen LogP contribution is 2.30. The second-order valence-electron chi connectivity index (χ2n) is 8.02. The molecule has 1 saturated carbocycles. The first-order chi connectivity index (χ1) is 14.1. The van der Waals surface area contributed by atoms with E-state index in [-0.39, 0.29) is 6.61 Å². The molecular weight excluding hydrogens is 366 g/mol. The SMILES string of the molecule is N#CC1(NC(=O)COC(=O)c2c3c(nc4ccccc24)CCCC3)CCCCC1. The molecule has 2 aliphatic rings. The highest BCUT2D eigenvalue weighted by atomic mass is 16.5. The Morgan fingerprint density at radius 2 is 1.86 bits per heavy atom. The molecule has 0 bridgehead atoms.